The molecule has 0 aliphatic heterocycles. The van der Waals surface area contributed by atoms with Gasteiger partial charge in [0.2, 0.25) is 0 Å². The van der Waals surface area contributed by atoms with Crippen LogP contribution in [0.5, 0.6) is 0 Å². The number of hydrogen-bond donors (Lipinski definition) is 2. The van der Waals surface area contributed by atoms with Crippen LogP contribution in [-0.4, -0.2) is 42.4 Å². The SMILES string of the molecule is COCC[C@H](CO)NC(=O)c1csc(-c2ccccc2F)n1. The number of halogens is 1. The van der Waals surface area contributed by atoms with E-state index in [1.54, 1.807) is 30.7 Å². The summed E-state index contributed by atoms with van der Waals surface area (Å²) in [6.45, 7) is 0.252. The molecule has 2 rings (SSSR count). The lowest BCUT2D eigenvalue weighted by atomic mass is 10.2. The average Bonchev–Trinajstić information content (AvgIpc) is 3.01. The molecule has 0 unspecified atom stereocenters. The topological polar surface area (TPSA) is 71.5 Å². The van der Waals surface area contributed by atoms with Crippen molar-refractivity contribution in [1.82, 2.24) is 10.3 Å². The van der Waals surface area contributed by atoms with E-state index in [-0.39, 0.29) is 18.1 Å². The van der Waals surface area contributed by atoms with Gasteiger partial charge < -0.3 is 15.2 Å². The summed E-state index contributed by atoms with van der Waals surface area (Å²) in [4.78, 5) is 16.3. The highest BCUT2D eigenvalue weighted by atomic mass is 32.1. The Bertz CT molecular complexity index is 633. The third-order valence-corrected chi connectivity index (χ3v) is 3.94. The molecule has 2 N–H and O–H groups in total. The highest BCUT2D eigenvalue weighted by molar-refractivity contribution is 7.13. The number of methoxy groups -OCH3 is 1. The minimum Gasteiger partial charge on any atom is -0.394 e. The molecule has 0 spiro atoms. The monoisotopic (exact) mass is 324 g/mol. The smallest absolute Gasteiger partial charge is 0.271 e. The number of nitrogens with one attached hydrogen (secondary N) is 1. The zero-order chi connectivity index (χ0) is 15.9. The molecule has 1 amide bonds. The maximum Gasteiger partial charge on any atom is 0.271 e. The molecule has 118 valence electrons. The number of amides is 1. The van der Waals surface area contributed by atoms with Gasteiger partial charge in [-0.05, 0) is 18.6 Å². The maximum absolute atomic E-state index is 13.7. The Kier molecular flexibility index (Phi) is 6.00. The molecule has 0 saturated carbocycles. The molecule has 0 radical (unpaired) electrons. The highest BCUT2D eigenvalue weighted by Gasteiger charge is 2.17. The number of thiazole rings is 1. The molecule has 1 aromatic carbocycles. The van der Waals surface area contributed by atoms with Gasteiger partial charge >= 0.3 is 0 Å². The third-order valence-electron chi connectivity index (χ3n) is 3.07. The molecular formula is C15H17FN2O3S. The van der Waals surface area contributed by atoms with E-state index < -0.39 is 11.9 Å². The predicted molar refractivity (Wildman–Crippen MR) is 82.3 cm³/mol. The van der Waals surface area contributed by atoms with E-state index in [0.717, 1.165) is 0 Å². The number of ether oxygens (including phenoxy) is 1. The van der Waals surface area contributed by atoms with Crippen LogP contribution in [0.4, 0.5) is 4.39 Å². The van der Waals surface area contributed by atoms with Crippen LogP contribution < -0.4 is 5.32 Å². The molecule has 1 heterocycles. The van der Waals surface area contributed by atoms with Gasteiger partial charge in [0, 0.05) is 24.7 Å². The summed E-state index contributed by atoms with van der Waals surface area (Å²) in [5.74, 6) is -0.772. The molecule has 0 aliphatic carbocycles. The molecule has 1 atom stereocenters. The van der Waals surface area contributed by atoms with Gasteiger partial charge in [-0.15, -0.1) is 11.3 Å². The van der Waals surface area contributed by atoms with E-state index in [0.29, 0.717) is 23.6 Å². The van der Waals surface area contributed by atoms with E-state index in [9.17, 15) is 14.3 Å². The predicted octanol–water partition coefficient (Wildman–Crippen LogP) is 2.08. The molecule has 22 heavy (non-hydrogen) atoms. The zero-order valence-corrected chi connectivity index (χ0v) is 12.9. The third kappa shape index (κ3) is 4.09. The van der Waals surface area contributed by atoms with Crippen LogP contribution in [0.2, 0.25) is 0 Å². The van der Waals surface area contributed by atoms with Gasteiger partial charge in [0.05, 0.1) is 12.6 Å². The Balaban J connectivity index is 2.07. The summed E-state index contributed by atoms with van der Waals surface area (Å²) < 4.78 is 18.6. The fourth-order valence-corrected chi connectivity index (χ4v) is 2.69. The van der Waals surface area contributed by atoms with Gasteiger partial charge in [0.25, 0.3) is 5.91 Å². The Morgan fingerprint density at radius 1 is 1.50 bits per heavy atom. The molecule has 0 aliphatic rings. The van der Waals surface area contributed by atoms with Crippen LogP contribution >= 0.6 is 11.3 Å². The van der Waals surface area contributed by atoms with Crippen molar-refractivity contribution in [3.63, 3.8) is 0 Å². The average molecular weight is 324 g/mol. The van der Waals surface area contributed by atoms with E-state index in [2.05, 4.69) is 10.3 Å². The molecule has 7 heteroatoms. The summed E-state index contributed by atoms with van der Waals surface area (Å²) in [5.41, 5.74) is 0.573. The summed E-state index contributed by atoms with van der Waals surface area (Å²) >= 11 is 1.20. The number of benzene rings is 1. The Morgan fingerprint density at radius 3 is 2.95 bits per heavy atom. The lowest BCUT2D eigenvalue weighted by Crippen LogP contribution is -2.38. The van der Waals surface area contributed by atoms with Crippen molar-refractivity contribution in [1.29, 1.82) is 0 Å². The number of hydrogen-bond acceptors (Lipinski definition) is 5. The van der Waals surface area contributed by atoms with Crippen molar-refractivity contribution in [2.75, 3.05) is 20.3 Å². The number of carbonyl (C=O) groups excluding carboxylic acids is 1. The second kappa shape index (κ2) is 7.98. The number of aliphatic hydroxyl groups is 1. The quantitative estimate of drug-likeness (QED) is 0.818. The van der Waals surface area contributed by atoms with E-state index >= 15 is 0 Å². The van der Waals surface area contributed by atoms with Gasteiger partial charge in [-0.2, -0.15) is 0 Å². The number of carbonyl (C=O) groups is 1. The highest BCUT2D eigenvalue weighted by Crippen LogP contribution is 2.26. The van der Waals surface area contributed by atoms with Crippen molar-refractivity contribution in [3.8, 4) is 10.6 Å². The number of aliphatic hydroxyl groups excluding tert-OH is 1. The number of nitrogens with zero attached hydrogens (tertiary/aromatic N) is 1. The van der Waals surface area contributed by atoms with Crippen LogP contribution in [0.3, 0.4) is 0 Å². The first kappa shape index (κ1) is 16.5. The van der Waals surface area contributed by atoms with Crippen molar-refractivity contribution in [2.24, 2.45) is 0 Å². The normalized spacial score (nSPS) is 12.1. The lowest BCUT2D eigenvalue weighted by molar-refractivity contribution is 0.0890. The summed E-state index contributed by atoms with van der Waals surface area (Å²) in [5, 5.41) is 13.9. The van der Waals surface area contributed by atoms with Crippen molar-refractivity contribution in [2.45, 2.75) is 12.5 Å². The number of aromatic nitrogens is 1. The molecule has 0 bridgehead atoms. The van der Waals surface area contributed by atoms with Gasteiger partial charge in [-0.1, -0.05) is 12.1 Å². The van der Waals surface area contributed by atoms with Gasteiger partial charge in [-0.3, -0.25) is 4.79 Å². The Hall–Kier alpha value is -1.83. The molecule has 2 aromatic rings. The van der Waals surface area contributed by atoms with E-state index in [1.807, 2.05) is 0 Å². The van der Waals surface area contributed by atoms with Crippen molar-refractivity contribution in [3.05, 3.63) is 41.2 Å². The minimum absolute atomic E-state index is 0.181. The summed E-state index contributed by atoms with van der Waals surface area (Å²) in [6.07, 6.45) is 0.503. The fraction of sp³-hybridized carbons (Fsp3) is 0.333. The first-order valence-corrected chi connectivity index (χ1v) is 7.64. The first-order chi connectivity index (χ1) is 10.7. The minimum atomic E-state index is -0.397. The van der Waals surface area contributed by atoms with Crippen molar-refractivity contribution >= 4 is 17.2 Å². The lowest BCUT2D eigenvalue weighted by Gasteiger charge is -2.14. The summed E-state index contributed by atoms with van der Waals surface area (Å²) in [7, 11) is 1.55. The van der Waals surface area contributed by atoms with Crippen LogP contribution in [-0.2, 0) is 4.74 Å². The molecule has 0 fully saturated rings. The van der Waals surface area contributed by atoms with Gasteiger partial charge in [0.15, 0.2) is 0 Å². The Morgan fingerprint density at radius 2 is 2.27 bits per heavy atom. The second-order valence-electron chi connectivity index (χ2n) is 4.65. The van der Waals surface area contributed by atoms with E-state index in [1.165, 1.54) is 17.4 Å². The van der Waals surface area contributed by atoms with Gasteiger partial charge in [0.1, 0.15) is 16.5 Å². The van der Waals surface area contributed by atoms with Crippen molar-refractivity contribution < 1.29 is 19.0 Å². The van der Waals surface area contributed by atoms with Crippen LogP contribution in [0.25, 0.3) is 10.6 Å². The van der Waals surface area contributed by atoms with Crippen LogP contribution in [0, 0.1) is 5.82 Å². The Labute approximate surface area is 131 Å². The fourth-order valence-electron chi connectivity index (χ4n) is 1.86. The standard InChI is InChI=1S/C15H17FN2O3S/c1-21-7-6-10(8-19)17-14(20)13-9-22-15(18-13)11-4-2-3-5-12(11)16/h2-5,9-10,19H,6-8H2,1H3,(H,17,20)/t10-/m1/s1. The molecule has 1 aromatic heterocycles. The van der Waals surface area contributed by atoms with Gasteiger partial charge in [-0.25, -0.2) is 9.37 Å². The maximum atomic E-state index is 13.7. The first-order valence-electron chi connectivity index (χ1n) is 6.76. The van der Waals surface area contributed by atoms with Crippen LogP contribution in [0.1, 0.15) is 16.9 Å². The summed E-state index contributed by atoms with van der Waals surface area (Å²) in [6, 6.07) is 5.88. The second-order valence-corrected chi connectivity index (χ2v) is 5.51. The molecular weight excluding hydrogens is 307 g/mol. The van der Waals surface area contributed by atoms with E-state index in [4.69, 9.17) is 4.74 Å². The largest absolute Gasteiger partial charge is 0.394 e. The number of rotatable bonds is 7. The zero-order valence-electron chi connectivity index (χ0n) is 12.1. The van der Waals surface area contributed by atoms with Crippen LogP contribution in [0.15, 0.2) is 29.6 Å². The molecule has 0 saturated heterocycles. The molecule has 5 nitrogen and oxygen atoms in total.